The molecule has 0 saturated carbocycles. The molecular formula is C4H10N4. The summed E-state index contributed by atoms with van der Waals surface area (Å²) in [5.74, 6) is 0. The predicted octanol–water partition coefficient (Wildman–Crippen LogP) is 0.540. The lowest BCUT2D eigenvalue weighted by molar-refractivity contribution is 0.485. The molecule has 1 N–H and O–H groups in total. The summed E-state index contributed by atoms with van der Waals surface area (Å²) in [4.78, 5) is 0. The highest BCUT2D eigenvalue weighted by molar-refractivity contribution is 4.51. The van der Waals surface area contributed by atoms with Crippen LogP contribution in [0.25, 0.3) is 0 Å². The molecule has 0 spiro atoms. The van der Waals surface area contributed by atoms with Gasteiger partial charge in [0.15, 0.2) is 0 Å². The van der Waals surface area contributed by atoms with Crippen molar-refractivity contribution in [2.45, 2.75) is 19.9 Å². The maximum atomic E-state index is 3.88. The summed E-state index contributed by atoms with van der Waals surface area (Å²) < 4.78 is 0. The monoisotopic (exact) mass is 114 g/mol. The van der Waals surface area contributed by atoms with Gasteiger partial charge in [-0.3, -0.25) is 0 Å². The van der Waals surface area contributed by atoms with Gasteiger partial charge in [0.2, 0.25) is 0 Å². The zero-order valence-electron chi connectivity index (χ0n) is 5.13. The number of rotatable bonds is 2. The molecule has 0 amide bonds. The van der Waals surface area contributed by atoms with Crippen molar-refractivity contribution in [3.05, 3.63) is 0 Å². The fourth-order valence-electron chi connectivity index (χ4n) is 0.260. The fourth-order valence-corrected chi connectivity index (χ4v) is 0.260. The topological polar surface area (TPSA) is 49.7 Å². The van der Waals surface area contributed by atoms with Crippen LogP contribution in [0.3, 0.4) is 0 Å². The summed E-state index contributed by atoms with van der Waals surface area (Å²) in [6.07, 6.45) is 0. The normalized spacial score (nSPS) is 18.6. The van der Waals surface area contributed by atoms with Crippen molar-refractivity contribution in [3.8, 4) is 0 Å². The lowest BCUT2D eigenvalue weighted by Gasteiger charge is -1.90. The zero-order chi connectivity index (χ0) is 5.98. The van der Waals surface area contributed by atoms with Crippen LogP contribution in [0.15, 0.2) is 10.3 Å². The van der Waals surface area contributed by atoms with Gasteiger partial charge in [0.05, 0.1) is 6.04 Å². The van der Waals surface area contributed by atoms with Crippen LogP contribution in [0.4, 0.5) is 0 Å². The maximum absolute atomic E-state index is 3.88. The van der Waals surface area contributed by atoms with Gasteiger partial charge < -0.3 is 0 Å². The smallest absolute Gasteiger partial charge is 0.123 e. The lowest BCUT2D eigenvalue weighted by atomic mass is 10.4. The Morgan fingerprint density at radius 1 is 1.62 bits per heavy atom. The van der Waals surface area contributed by atoms with Crippen LogP contribution in [-0.2, 0) is 0 Å². The van der Waals surface area contributed by atoms with Crippen LogP contribution in [-0.4, -0.2) is 17.8 Å². The SMILES string of the molecule is CC(C)N=NN1CN1. The first-order chi connectivity index (χ1) is 3.79. The van der Waals surface area contributed by atoms with Crippen molar-refractivity contribution in [2.75, 3.05) is 6.67 Å². The van der Waals surface area contributed by atoms with Crippen molar-refractivity contribution >= 4 is 0 Å². The summed E-state index contributed by atoms with van der Waals surface area (Å²) in [5, 5.41) is 9.34. The largest absolute Gasteiger partial charge is 0.193 e. The van der Waals surface area contributed by atoms with E-state index in [1.807, 2.05) is 13.8 Å². The minimum atomic E-state index is 0.303. The Labute approximate surface area is 48.5 Å². The number of nitrogens with zero attached hydrogens (tertiary/aromatic N) is 3. The van der Waals surface area contributed by atoms with Crippen molar-refractivity contribution in [1.29, 1.82) is 0 Å². The zero-order valence-corrected chi connectivity index (χ0v) is 5.13. The van der Waals surface area contributed by atoms with E-state index in [-0.39, 0.29) is 0 Å². The molecule has 1 rings (SSSR count). The predicted molar refractivity (Wildman–Crippen MR) is 29.8 cm³/mol. The Bertz CT molecular complexity index is 90.2. The summed E-state index contributed by atoms with van der Waals surface area (Å²) >= 11 is 0. The number of hydrazine groups is 1. The standard InChI is InChI=1S/C4H10N4/c1-4(2)6-7-8-3-5-8/h4-5H,3H2,1-2H3. The summed E-state index contributed by atoms with van der Waals surface area (Å²) in [6, 6.07) is 0.303. The van der Waals surface area contributed by atoms with Gasteiger partial charge in [-0.05, 0) is 13.8 Å². The van der Waals surface area contributed by atoms with E-state index in [2.05, 4.69) is 15.8 Å². The number of nitrogens with one attached hydrogen (secondary N) is 1. The first-order valence-corrected chi connectivity index (χ1v) is 2.71. The molecule has 46 valence electrons. The quantitative estimate of drug-likeness (QED) is 0.420. The summed E-state index contributed by atoms with van der Waals surface area (Å²) in [5.41, 5.74) is 2.86. The second-order valence-corrected chi connectivity index (χ2v) is 2.01. The molecule has 0 bridgehead atoms. The van der Waals surface area contributed by atoms with Gasteiger partial charge >= 0.3 is 0 Å². The molecular weight excluding hydrogens is 104 g/mol. The minimum Gasteiger partial charge on any atom is -0.193 e. The minimum absolute atomic E-state index is 0.303. The van der Waals surface area contributed by atoms with Gasteiger partial charge in [-0.25, -0.2) is 0 Å². The lowest BCUT2D eigenvalue weighted by Crippen LogP contribution is -1.91. The highest BCUT2D eigenvalue weighted by Gasteiger charge is 2.12. The van der Waals surface area contributed by atoms with E-state index in [0.717, 1.165) is 6.67 Å². The Morgan fingerprint density at radius 3 is 2.62 bits per heavy atom. The third-order valence-electron chi connectivity index (χ3n) is 0.690. The average molecular weight is 114 g/mol. The molecule has 0 radical (unpaired) electrons. The van der Waals surface area contributed by atoms with Crippen LogP contribution < -0.4 is 5.43 Å². The van der Waals surface area contributed by atoms with E-state index in [1.54, 1.807) is 5.12 Å². The third kappa shape index (κ3) is 1.88. The van der Waals surface area contributed by atoms with Crippen LogP contribution in [0, 0.1) is 0 Å². The molecule has 0 aromatic heterocycles. The van der Waals surface area contributed by atoms with E-state index in [4.69, 9.17) is 0 Å². The Hall–Kier alpha value is -0.640. The highest BCUT2D eigenvalue weighted by Crippen LogP contribution is 1.96. The summed E-state index contributed by atoms with van der Waals surface area (Å²) in [7, 11) is 0. The van der Waals surface area contributed by atoms with Crippen LogP contribution in [0.2, 0.25) is 0 Å². The summed E-state index contributed by atoms with van der Waals surface area (Å²) in [6.45, 7) is 4.83. The second-order valence-electron chi connectivity index (χ2n) is 2.01. The van der Waals surface area contributed by atoms with E-state index in [1.165, 1.54) is 0 Å². The molecule has 1 aliphatic rings. The van der Waals surface area contributed by atoms with Crippen LogP contribution in [0.5, 0.6) is 0 Å². The van der Waals surface area contributed by atoms with E-state index in [0.29, 0.717) is 6.04 Å². The van der Waals surface area contributed by atoms with Gasteiger partial charge in [-0.2, -0.15) is 15.7 Å². The number of hydrogen-bond acceptors (Lipinski definition) is 3. The van der Waals surface area contributed by atoms with Gasteiger partial charge in [-0.15, -0.1) is 0 Å². The molecule has 0 aliphatic carbocycles. The number of hydrogen-bond donors (Lipinski definition) is 1. The molecule has 0 unspecified atom stereocenters. The van der Waals surface area contributed by atoms with Crippen molar-refractivity contribution < 1.29 is 0 Å². The second kappa shape index (κ2) is 2.09. The Kier molecular flexibility index (Phi) is 1.43. The van der Waals surface area contributed by atoms with Crippen LogP contribution >= 0.6 is 0 Å². The van der Waals surface area contributed by atoms with Gasteiger partial charge in [0.1, 0.15) is 6.67 Å². The van der Waals surface area contributed by atoms with Crippen molar-refractivity contribution in [1.82, 2.24) is 10.5 Å². The van der Waals surface area contributed by atoms with E-state index >= 15 is 0 Å². The average Bonchev–Trinajstić information content (AvgIpc) is 2.41. The van der Waals surface area contributed by atoms with Crippen molar-refractivity contribution in [3.63, 3.8) is 0 Å². The molecule has 1 saturated heterocycles. The van der Waals surface area contributed by atoms with Gasteiger partial charge in [-0.1, -0.05) is 5.22 Å². The maximum Gasteiger partial charge on any atom is 0.123 e. The molecule has 4 heteroatoms. The van der Waals surface area contributed by atoms with Gasteiger partial charge in [0.25, 0.3) is 0 Å². The third-order valence-corrected chi connectivity index (χ3v) is 0.690. The molecule has 4 nitrogen and oxygen atoms in total. The Balaban J connectivity index is 2.13. The molecule has 8 heavy (non-hydrogen) atoms. The first-order valence-electron chi connectivity index (χ1n) is 2.71. The molecule has 1 heterocycles. The van der Waals surface area contributed by atoms with E-state index < -0.39 is 0 Å². The molecule has 0 aromatic carbocycles. The van der Waals surface area contributed by atoms with Gasteiger partial charge in [0, 0.05) is 0 Å². The molecule has 0 aromatic rings. The Morgan fingerprint density at radius 2 is 2.25 bits per heavy atom. The van der Waals surface area contributed by atoms with Crippen LogP contribution in [0.1, 0.15) is 13.8 Å². The van der Waals surface area contributed by atoms with E-state index in [9.17, 15) is 0 Å². The fraction of sp³-hybridized carbons (Fsp3) is 1.00. The highest BCUT2D eigenvalue weighted by atomic mass is 15.9. The molecule has 1 fully saturated rings. The first kappa shape index (κ1) is 5.50. The van der Waals surface area contributed by atoms with Crippen molar-refractivity contribution in [2.24, 2.45) is 10.3 Å². The molecule has 0 atom stereocenters. The molecule has 1 aliphatic heterocycles.